The van der Waals surface area contributed by atoms with Crippen LogP contribution in [0.2, 0.25) is 10.0 Å². The lowest BCUT2D eigenvalue weighted by Gasteiger charge is -2.22. The second-order valence-electron chi connectivity index (χ2n) is 5.81. The number of nitrogens with one attached hydrogen (secondary N) is 1. The molecule has 25 heavy (non-hydrogen) atoms. The van der Waals surface area contributed by atoms with Crippen LogP contribution in [0, 0.1) is 13.8 Å². The Morgan fingerprint density at radius 1 is 1.04 bits per heavy atom. The predicted molar refractivity (Wildman–Crippen MR) is 104 cm³/mol. The number of carbonyl (C=O) groups excluding carboxylic acids is 2. The van der Waals surface area contributed by atoms with Gasteiger partial charge in [-0.3, -0.25) is 9.59 Å². The summed E-state index contributed by atoms with van der Waals surface area (Å²) >= 11 is 12.2. The average molecular weight is 379 g/mol. The fourth-order valence-electron chi connectivity index (χ4n) is 2.58. The standard InChI is InChI=1S/C19H20Cl2N2O2/c1-12-6-4-7-13(2)19(12)22-17(25)10-11-23(14(3)24)16-9-5-8-15(20)18(16)21/h4-9H,10-11H2,1-3H3,(H,22,25). The van der Waals surface area contributed by atoms with E-state index in [1.165, 1.54) is 11.8 Å². The Bertz CT molecular complexity index is 786. The van der Waals surface area contributed by atoms with E-state index in [2.05, 4.69) is 5.32 Å². The molecule has 0 radical (unpaired) electrons. The first-order valence-electron chi connectivity index (χ1n) is 7.89. The van der Waals surface area contributed by atoms with Gasteiger partial charge in [-0.05, 0) is 37.1 Å². The topological polar surface area (TPSA) is 49.4 Å². The van der Waals surface area contributed by atoms with Gasteiger partial charge in [0.05, 0.1) is 15.7 Å². The Hall–Kier alpha value is -2.04. The van der Waals surface area contributed by atoms with E-state index in [0.717, 1.165) is 16.8 Å². The summed E-state index contributed by atoms with van der Waals surface area (Å²) in [6, 6.07) is 10.9. The molecule has 0 atom stereocenters. The molecule has 0 heterocycles. The molecule has 132 valence electrons. The van der Waals surface area contributed by atoms with Crippen LogP contribution in [0.5, 0.6) is 0 Å². The summed E-state index contributed by atoms with van der Waals surface area (Å²) in [7, 11) is 0. The highest BCUT2D eigenvalue weighted by molar-refractivity contribution is 6.44. The number of hydrogen-bond acceptors (Lipinski definition) is 2. The van der Waals surface area contributed by atoms with Crippen molar-refractivity contribution in [2.45, 2.75) is 27.2 Å². The lowest BCUT2D eigenvalue weighted by molar-refractivity contribution is -0.117. The van der Waals surface area contributed by atoms with Gasteiger partial charge in [-0.1, -0.05) is 47.5 Å². The molecule has 0 unspecified atom stereocenters. The Morgan fingerprint density at radius 3 is 2.24 bits per heavy atom. The van der Waals surface area contributed by atoms with Gasteiger partial charge in [0.1, 0.15) is 0 Å². The normalized spacial score (nSPS) is 10.4. The summed E-state index contributed by atoms with van der Waals surface area (Å²) in [5.74, 6) is -0.370. The highest BCUT2D eigenvalue weighted by atomic mass is 35.5. The van der Waals surface area contributed by atoms with E-state index >= 15 is 0 Å². The minimum atomic E-state index is -0.205. The van der Waals surface area contributed by atoms with Crippen molar-refractivity contribution in [3.63, 3.8) is 0 Å². The SMILES string of the molecule is CC(=O)N(CCC(=O)Nc1c(C)cccc1C)c1cccc(Cl)c1Cl. The monoisotopic (exact) mass is 378 g/mol. The molecule has 0 aliphatic carbocycles. The maximum absolute atomic E-state index is 12.3. The third-order valence-corrected chi connectivity index (χ3v) is 4.72. The van der Waals surface area contributed by atoms with E-state index in [1.54, 1.807) is 18.2 Å². The summed E-state index contributed by atoms with van der Waals surface area (Å²) in [5, 5.41) is 3.58. The summed E-state index contributed by atoms with van der Waals surface area (Å²) in [5.41, 5.74) is 3.30. The Kier molecular flexibility index (Phi) is 6.45. The van der Waals surface area contributed by atoms with Crippen LogP contribution in [0.1, 0.15) is 24.5 Å². The summed E-state index contributed by atoms with van der Waals surface area (Å²) < 4.78 is 0. The van der Waals surface area contributed by atoms with Crippen molar-refractivity contribution in [2.75, 3.05) is 16.8 Å². The fourth-order valence-corrected chi connectivity index (χ4v) is 2.97. The lowest BCUT2D eigenvalue weighted by Crippen LogP contribution is -2.32. The molecule has 4 nitrogen and oxygen atoms in total. The number of anilines is 2. The van der Waals surface area contributed by atoms with Crippen LogP contribution < -0.4 is 10.2 Å². The van der Waals surface area contributed by atoms with E-state index in [0.29, 0.717) is 15.7 Å². The Balaban J connectivity index is 2.10. The van der Waals surface area contributed by atoms with E-state index < -0.39 is 0 Å². The van der Waals surface area contributed by atoms with Crippen LogP contribution >= 0.6 is 23.2 Å². The van der Waals surface area contributed by atoms with E-state index in [1.807, 2.05) is 32.0 Å². The molecule has 0 aromatic heterocycles. The van der Waals surface area contributed by atoms with Crippen molar-refractivity contribution in [3.05, 3.63) is 57.6 Å². The molecule has 2 aromatic carbocycles. The van der Waals surface area contributed by atoms with Crippen LogP contribution in [-0.4, -0.2) is 18.4 Å². The number of halogens is 2. The molecule has 0 aliphatic rings. The summed E-state index contributed by atoms with van der Waals surface area (Å²) in [6.45, 7) is 5.53. The van der Waals surface area contributed by atoms with Gasteiger partial charge in [0.2, 0.25) is 11.8 Å². The van der Waals surface area contributed by atoms with Crippen molar-refractivity contribution in [2.24, 2.45) is 0 Å². The Labute approximate surface area is 157 Å². The van der Waals surface area contributed by atoms with Gasteiger partial charge < -0.3 is 10.2 Å². The molecule has 2 rings (SSSR count). The van der Waals surface area contributed by atoms with Gasteiger partial charge in [0, 0.05) is 25.6 Å². The van der Waals surface area contributed by atoms with Gasteiger partial charge in [0.15, 0.2) is 0 Å². The number of rotatable bonds is 5. The van der Waals surface area contributed by atoms with E-state index in [-0.39, 0.29) is 24.8 Å². The first-order valence-corrected chi connectivity index (χ1v) is 8.65. The van der Waals surface area contributed by atoms with Crippen LogP contribution in [0.15, 0.2) is 36.4 Å². The molecular formula is C19H20Cl2N2O2. The number of aryl methyl sites for hydroxylation is 2. The van der Waals surface area contributed by atoms with E-state index in [4.69, 9.17) is 23.2 Å². The first kappa shape index (κ1) is 19.3. The zero-order chi connectivity index (χ0) is 18.6. The number of carbonyl (C=O) groups is 2. The molecule has 1 N–H and O–H groups in total. The van der Waals surface area contributed by atoms with Crippen molar-refractivity contribution in [1.29, 1.82) is 0 Å². The van der Waals surface area contributed by atoms with E-state index in [9.17, 15) is 9.59 Å². The van der Waals surface area contributed by atoms with Crippen LogP contribution in [0.3, 0.4) is 0 Å². The van der Waals surface area contributed by atoms with Gasteiger partial charge in [-0.25, -0.2) is 0 Å². The van der Waals surface area contributed by atoms with Crippen molar-refractivity contribution in [1.82, 2.24) is 0 Å². The van der Waals surface area contributed by atoms with Gasteiger partial charge in [-0.15, -0.1) is 0 Å². The molecular weight excluding hydrogens is 359 g/mol. The van der Waals surface area contributed by atoms with Crippen LogP contribution in [0.4, 0.5) is 11.4 Å². The maximum atomic E-state index is 12.3. The zero-order valence-electron chi connectivity index (χ0n) is 14.4. The average Bonchev–Trinajstić information content (AvgIpc) is 2.55. The number of amides is 2. The smallest absolute Gasteiger partial charge is 0.226 e. The molecule has 0 saturated carbocycles. The highest BCUT2D eigenvalue weighted by Gasteiger charge is 2.18. The summed E-state index contributed by atoms with van der Waals surface area (Å²) in [4.78, 5) is 25.8. The zero-order valence-corrected chi connectivity index (χ0v) is 15.9. The second-order valence-corrected chi connectivity index (χ2v) is 6.59. The van der Waals surface area contributed by atoms with Gasteiger partial charge >= 0.3 is 0 Å². The molecule has 0 fully saturated rings. The quantitative estimate of drug-likeness (QED) is 0.796. The van der Waals surface area contributed by atoms with Gasteiger partial charge in [-0.2, -0.15) is 0 Å². The highest BCUT2D eigenvalue weighted by Crippen LogP contribution is 2.32. The van der Waals surface area contributed by atoms with Crippen molar-refractivity contribution < 1.29 is 9.59 Å². The molecule has 2 amide bonds. The molecule has 0 spiro atoms. The van der Waals surface area contributed by atoms with Gasteiger partial charge in [0.25, 0.3) is 0 Å². The fraction of sp³-hybridized carbons (Fsp3) is 0.263. The first-order chi connectivity index (χ1) is 11.8. The maximum Gasteiger partial charge on any atom is 0.226 e. The molecule has 2 aromatic rings. The molecule has 6 heteroatoms. The minimum absolute atomic E-state index is 0.149. The van der Waals surface area contributed by atoms with Crippen molar-refractivity contribution in [3.8, 4) is 0 Å². The van der Waals surface area contributed by atoms with Crippen LogP contribution in [-0.2, 0) is 9.59 Å². The summed E-state index contributed by atoms with van der Waals surface area (Å²) in [6.07, 6.45) is 0.149. The minimum Gasteiger partial charge on any atom is -0.326 e. The Morgan fingerprint density at radius 2 is 1.64 bits per heavy atom. The number of hydrogen-bond donors (Lipinski definition) is 1. The van der Waals surface area contributed by atoms with Crippen LogP contribution in [0.25, 0.3) is 0 Å². The number of para-hydroxylation sites is 1. The third-order valence-electron chi connectivity index (χ3n) is 3.91. The second kappa shape index (κ2) is 8.37. The predicted octanol–water partition coefficient (Wildman–Crippen LogP) is 4.99. The largest absolute Gasteiger partial charge is 0.326 e. The van der Waals surface area contributed by atoms with Crippen molar-refractivity contribution >= 4 is 46.4 Å². The third kappa shape index (κ3) is 4.74. The number of benzene rings is 2. The lowest BCUT2D eigenvalue weighted by atomic mass is 10.1. The number of nitrogens with zero attached hydrogens (tertiary/aromatic N) is 1. The molecule has 0 saturated heterocycles. The molecule has 0 aliphatic heterocycles. The molecule has 0 bridgehead atoms.